The van der Waals surface area contributed by atoms with Gasteiger partial charge in [0.25, 0.3) is 0 Å². The molecule has 1 amide bonds. The normalized spacial score (nSPS) is 19.9. The number of likely N-dealkylation sites (tertiary alicyclic amines) is 1. The number of nitrogens with zero attached hydrogens (tertiary/aromatic N) is 4. The second-order valence-corrected chi connectivity index (χ2v) is 4.77. The number of carbonyl (C=O) groups is 1. The molecule has 1 unspecified atom stereocenters. The zero-order valence-corrected chi connectivity index (χ0v) is 11.1. The van der Waals surface area contributed by atoms with Crippen molar-refractivity contribution in [3.05, 3.63) is 24.3 Å². The van der Waals surface area contributed by atoms with E-state index in [4.69, 9.17) is 0 Å². The van der Waals surface area contributed by atoms with Crippen LogP contribution in [0.1, 0.15) is 30.9 Å². The summed E-state index contributed by atoms with van der Waals surface area (Å²) in [7, 11) is 0. The van der Waals surface area contributed by atoms with Crippen molar-refractivity contribution in [1.29, 1.82) is 0 Å². The molecule has 5 heteroatoms. The zero-order chi connectivity index (χ0) is 13.1. The number of amides is 1. The lowest BCUT2D eigenvalue weighted by molar-refractivity contribution is -0.129. The third-order valence-corrected chi connectivity index (χ3v) is 3.43. The molecule has 0 radical (unpaired) electrons. The summed E-state index contributed by atoms with van der Waals surface area (Å²) in [5.41, 5.74) is 0. The molecule has 0 aliphatic carbocycles. The maximum absolute atomic E-state index is 11.8. The Morgan fingerprint density at radius 2 is 2.28 bits per heavy atom. The minimum absolute atomic E-state index is 0.0224. The van der Waals surface area contributed by atoms with E-state index in [9.17, 15) is 4.79 Å². The fourth-order valence-corrected chi connectivity index (χ4v) is 2.53. The Bertz CT molecular complexity index is 452. The molecule has 1 aliphatic heterocycles. The Hall–Kier alpha value is -1.65. The smallest absolute Gasteiger partial charge is 0.246 e. The van der Waals surface area contributed by atoms with Crippen molar-refractivity contribution in [1.82, 2.24) is 19.7 Å². The topological polar surface area (TPSA) is 51.0 Å². The first-order valence-electron chi connectivity index (χ1n) is 6.43. The van der Waals surface area contributed by atoms with E-state index in [2.05, 4.69) is 16.7 Å². The quantitative estimate of drug-likeness (QED) is 0.761. The number of aryl methyl sites for hydroxylation is 2. The second-order valence-electron chi connectivity index (χ2n) is 4.77. The van der Waals surface area contributed by atoms with E-state index in [0.29, 0.717) is 0 Å². The van der Waals surface area contributed by atoms with Crippen LogP contribution in [-0.2, 0) is 11.3 Å². The summed E-state index contributed by atoms with van der Waals surface area (Å²) in [6.45, 7) is 8.96. The maximum Gasteiger partial charge on any atom is 0.246 e. The largest absolute Gasteiger partial charge is 0.334 e. The Labute approximate surface area is 107 Å². The number of hydrogen-bond acceptors (Lipinski definition) is 3. The molecule has 1 aromatic heterocycles. The Morgan fingerprint density at radius 3 is 2.89 bits per heavy atom. The van der Waals surface area contributed by atoms with Gasteiger partial charge in [-0.1, -0.05) is 6.58 Å². The molecule has 18 heavy (non-hydrogen) atoms. The molecule has 1 saturated heterocycles. The lowest BCUT2D eigenvalue weighted by Gasteiger charge is -2.35. The van der Waals surface area contributed by atoms with Gasteiger partial charge >= 0.3 is 0 Å². The molecule has 2 rings (SSSR count). The molecule has 98 valence electrons. The SMILES string of the molecule is C=CC(=O)N1CCCCC1Cn1nc(C)nc1C. The fourth-order valence-electron chi connectivity index (χ4n) is 2.53. The third-order valence-electron chi connectivity index (χ3n) is 3.43. The highest BCUT2D eigenvalue weighted by Gasteiger charge is 2.26. The van der Waals surface area contributed by atoms with E-state index in [-0.39, 0.29) is 11.9 Å². The highest BCUT2D eigenvalue weighted by Crippen LogP contribution is 2.19. The summed E-state index contributed by atoms with van der Waals surface area (Å²) in [6.07, 6.45) is 4.67. The minimum Gasteiger partial charge on any atom is -0.334 e. The van der Waals surface area contributed by atoms with Gasteiger partial charge in [-0.05, 0) is 39.2 Å². The predicted octanol–water partition coefficient (Wildman–Crippen LogP) is 1.46. The van der Waals surface area contributed by atoms with Gasteiger partial charge in [0, 0.05) is 6.54 Å². The summed E-state index contributed by atoms with van der Waals surface area (Å²) in [4.78, 5) is 18.0. The molecule has 0 saturated carbocycles. The van der Waals surface area contributed by atoms with Crippen molar-refractivity contribution < 1.29 is 4.79 Å². The van der Waals surface area contributed by atoms with E-state index in [0.717, 1.165) is 44.0 Å². The average Bonchev–Trinajstić information content (AvgIpc) is 2.67. The number of carbonyl (C=O) groups excluding carboxylic acids is 1. The molecule has 1 atom stereocenters. The van der Waals surface area contributed by atoms with Crippen molar-refractivity contribution >= 4 is 5.91 Å². The molecule has 0 aromatic carbocycles. The van der Waals surface area contributed by atoms with Gasteiger partial charge < -0.3 is 4.90 Å². The summed E-state index contributed by atoms with van der Waals surface area (Å²) in [6, 6.07) is 0.212. The summed E-state index contributed by atoms with van der Waals surface area (Å²) in [5, 5.41) is 4.37. The number of piperidine rings is 1. The average molecular weight is 248 g/mol. The lowest BCUT2D eigenvalue weighted by atomic mass is 10.0. The van der Waals surface area contributed by atoms with Crippen molar-refractivity contribution in [2.75, 3.05) is 6.54 Å². The van der Waals surface area contributed by atoms with Gasteiger partial charge in [-0.3, -0.25) is 4.79 Å². The number of hydrogen-bond donors (Lipinski definition) is 0. The van der Waals surface area contributed by atoms with Crippen molar-refractivity contribution in [2.24, 2.45) is 0 Å². The summed E-state index contributed by atoms with van der Waals surface area (Å²) >= 11 is 0. The molecule has 1 aliphatic rings. The molecule has 0 spiro atoms. The molecule has 2 heterocycles. The van der Waals surface area contributed by atoms with Crippen LogP contribution in [-0.4, -0.2) is 38.2 Å². The predicted molar refractivity (Wildman–Crippen MR) is 69.0 cm³/mol. The Kier molecular flexibility index (Phi) is 3.79. The van der Waals surface area contributed by atoms with Crippen LogP contribution in [0.2, 0.25) is 0 Å². The van der Waals surface area contributed by atoms with E-state index in [1.807, 2.05) is 23.4 Å². The van der Waals surface area contributed by atoms with Gasteiger partial charge in [0.15, 0.2) is 0 Å². The monoisotopic (exact) mass is 248 g/mol. The van der Waals surface area contributed by atoms with Gasteiger partial charge in [-0.2, -0.15) is 5.10 Å². The lowest BCUT2D eigenvalue weighted by Crippen LogP contribution is -2.45. The van der Waals surface area contributed by atoms with Crippen LogP contribution < -0.4 is 0 Å². The molecule has 0 bridgehead atoms. The molecule has 5 nitrogen and oxygen atoms in total. The molecular formula is C13H20N4O. The summed E-state index contributed by atoms with van der Waals surface area (Å²) < 4.78 is 1.90. The Morgan fingerprint density at radius 1 is 1.50 bits per heavy atom. The maximum atomic E-state index is 11.8. The first kappa shape index (κ1) is 12.8. The van der Waals surface area contributed by atoms with Crippen LogP contribution in [0.3, 0.4) is 0 Å². The molecule has 0 N–H and O–H groups in total. The zero-order valence-electron chi connectivity index (χ0n) is 11.1. The van der Waals surface area contributed by atoms with Gasteiger partial charge in [0.2, 0.25) is 5.91 Å². The second kappa shape index (κ2) is 5.33. The number of rotatable bonds is 3. The van der Waals surface area contributed by atoms with Crippen LogP contribution >= 0.6 is 0 Å². The highest BCUT2D eigenvalue weighted by molar-refractivity contribution is 5.87. The molecule has 1 fully saturated rings. The van der Waals surface area contributed by atoms with Gasteiger partial charge in [0.05, 0.1) is 12.6 Å². The first-order chi connectivity index (χ1) is 8.61. The van der Waals surface area contributed by atoms with E-state index < -0.39 is 0 Å². The van der Waals surface area contributed by atoms with Crippen LogP contribution in [0.25, 0.3) is 0 Å². The van der Waals surface area contributed by atoms with Crippen LogP contribution in [0, 0.1) is 13.8 Å². The van der Waals surface area contributed by atoms with Gasteiger partial charge in [-0.15, -0.1) is 0 Å². The van der Waals surface area contributed by atoms with Crippen LogP contribution in [0.15, 0.2) is 12.7 Å². The van der Waals surface area contributed by atoms with Crippen molar-refractivity contribution in [3.63, 3.8) is 0 Å². The molecular weight excluding hydrogens is 228 g/mol. The minimum atomic E-state index is 0.0224. The fraction of sp³-hybridized carbons (Fsp3) is 0.615. The third kappa shape index (κ3) is 2.60. The van der Waals surface area contributed by atoms with Crippen LogP contribution in [0.4, 0.5) is 0 Å². The standard InChI is InChI=1S/C13H20N4O/c1-4-13(18)16-8-6-5-7-12(16)9-17-11(3)14-10(2)15-17/h4,12H,1,5-9H2,2-3H3. The van der Waals surface area contributed by atoms with E-state index in [1.54, 1.807) is 0 Å². The first-order valence-corrected chi connectivity index (χ1v) is 6.43. The van der Waals surface area contributed by atoms with Gasteiger partial charge in [0.1, 0.15) is 11.6 Å². The molecule has 1 aromatic rings. The van der Waals surface area contributed by atoms with Gasteiger partial charge in [-0.25, -0.2) is 9.67 Å². The van der Waals surface area contributed by atoms with Crippen molar-refractivity contribution in [3.8, 4) is 0 Å². The Balaban J connectivity index is 2.12. The van der Waals surface area contributed by atoms with E-state index >= 15 is 0 Å². The highest BCUT2D eigenvalue weighted by atomic mass is 16.2. The van der Waals surface area contributed by atoms with E-state index in [1.165, 1.54) is 6.08 Å². The summed E-state index contributed by atoms with van der Waals surface area (Å²) in [5.74, 6) is 1.71. The van der Waals surface area contributed by atoms with Crippen molar-refractivity contribution in [2.45, 2.75) is 45.7 Å². The number of aromatic nitrogens is 3. The van der Waals surface area contributed by atoms with Crippen LogP contribution in [0.5, 0.6) is 0 Å².